The van der Waals surface area contributed by atoms with Gasteiger partial charge >= 0.3 is 12.2 Å². The summed E-state index contributed by atoms with van der Waals surface area (Å²) in [5.74, 6) is -0.611. The first-order valence-corrected chi connectivity index (χ1v) is 13.7. The third-order valence-corrected chi connectivity index (χ3v) is 9.42. The van der Waals surface area contributed by atoms with Gasteiger partial charge in [0.2, 0.25) is 0 Å². The summed E-state index contributed by atoms with van der Waals surface area (Å²) >= 11 is 0. The number of nitrogens with one attached hydrogen (secondary N) is 1. The zero-order valence-electron chi connectivity index (χ0n) is 20.8. The summed E-state index contributed by atoms with van der Waals surface area (Å²) in [6.07, 6.45) is -4.17. The number of benzene rings is 2. The molecule has 0 bridgehead atoms. The quantitative estimate of drug-likeness (QED) is 0.269. The molecule has 10 nitrogen and oxygen atoms in total. The zero-order chi connectivity index (χ0) is 28.3. The van der Waals surface area contributed by atoms with Crippen LogP contribution in [0.4, 0.5) is 23.7 Å². The van der Waals surface area contributed by atoms with Crippen molar-refractivity contribution >= 4 is 27.5 Å². The lowest BCUT2D eigenvalue weighted by Gasteiger charge is -2.34. The van der Waals surface area contributed by atoms with Gasteiger partial charge in [0, 0.05) is 38.5 Å². The number of carbonyl (C=O) groups is 2. The molecule has 2 fully saturated rings. The smallest absolute Gasteiger partial charge is 0.416 e. The molecule has 2 aliphatic heterocycles. The Labute approximate surface area is 223 Å². The maximum Gasteiger partial charge on any atom is 0.416 e. The van der Waals surface area contributed by atoms with Crippen molar-refractivity contribution in [3.05, 3.63) is 54.1 Å². The number of ether oxygens (including phenoxy) is 2. The van der Waals surface area contributed by atoms with Crippen LogP contribution in [0.25, 0.3) is 0 Å². The van der Waals surface area contributed by atoms with Gasteiger partial charge in [0.15, 0.2) is 14.6 Å². The number of alkyl halides is 3. The van der Waals surface area contributed by atoms with E-state index >= 15 is 0 Å². The fourth-order valence-electron chi connectivity index (χ4n) is 4.67. The van der Waals surface area contributed by atoms with Crippen LogP contribution in [-0.4, -0.2) is 74.7 Å². The number of urea groups is 1. The Morgan fingerprint density at radius 3 is 2.28 bits per heavy atom. The van der Waals surface area contributed by atoms with Crippen LogP contribution in [0.1, 0.15) is 24.8 Å². The Bertz CT molecular complexity index is 1280. The highest BCUT2D eigenvalue weighted by Gasteiger charge is 2.52. The van der Waals surface area contributed by atoms with Crippen LogP contribution in [0.5, 0.6) is 5.75 Å². The minimum atomic E-state index is -4.45. The fourth-order valence-corrected chi connectivity index (χ4v) is 6.61. The number of nitrogens with zero attached hydrogens (tertiary/aromatic N) is 2. The number of hydrogen-bond donors (Lipinski definition) is 2. The number of carbonyl (C=O) groups excluding carboxylic acids is 2. The van der Waals surface area contributed by atoms with Crippen LogP contribution in [0, 0.1) is 0 Å². The Balaban J connectivity index is 1.29. The highest BCUT2D eigenvalue weighted by molar-refractivity contribution is 7.93. The predicted molar refractivity (Wildman–Crippen MR) is 132 cm³/mol. The SMILES string of the molecule is O=C1N(CCCOc2ccc(S(=O)(=O)C3(C(=O)NO)CCOCC3)cc2)CCN1c1ccc(C(F)(F)F)cc1. The number of hydrogen-bond acceptors (Lipinski definition) is 7. The summed E-state index contributed by atoms with van der Waals surface area (Å²) in [6, 6.07) is 9.72. The van der Waals surface area contributed by atoms with E-state index in [1.54, 1.807) is 4.90 Å². The maximum atomic E-state index is 13.3. The molecule has 2 aromatic carbocycles. The van der Waals surface area contributed by atoms with E-state index in [0.717, 1.165) is 12.1 Å². The second-order valence-electron chi connectivity index (χ2n) is 9.19. The topological polar surface area (TPSA) is 125 Å². The first-order chi connectivity index (χ1) is 18.5. The lowest BCUT2D eigenvalue weighted by molar-refractivity contribution is -0.137. The molecule has 0 spiro atoms. The van der Waals surface area contributed by atoms with Crippen LogP contribution in [0.3, 0.4) is 0 Å². The van der Waals surface area contributed by atoms with Gasteiger partial charge in [-0.3, -0.25) is 14.9 Å². The highest BCUT2D eigenvalue weighted by atomic mass is 32.2. The van der Waals surface area contributed by atoms with Crippen LogP contribution in [0.2, 0.25) is 0 Å². The van der Waals surface area contributed by atoms with Gasteiger partial charge in [-0.2, -0.15) is 13.2 Å². The second kappa shape index (κ2) is 11.4. The fraction of sp³-hybridized carbons (Fsp3) is 0.440. The minimum absolute atomic E-state index is 0.0649. The maximum absolute atomic E-state index is 13.3. The van der Waals surface area contributed by atoms with Crippen LogP contribution >= 0.6 is 0 Å². The van der Waals surface area contributed by atoms with Crippen molar-refractivity contribution in [3.63, 3.8) is 0 Å². The molecule has 39 heavy (non-hydrogen) atoms. The summed E-state index contributed by atoms with van der Waals surface area (Å²) < 4.78 is 74.0. The number of hydroxylamine groups is 1. The monoisotopic (exact) mass is 571 g/mol. The molecule has 2 heterocycles. The van der Waals surface area contributed by atoms with Crippen LogP contribution in [-0.2, 0) is 25.5 Å². The number of halogens is 3. The van der Waals surface area contributed by atoms with Crippen LogP contribution < -0.4 is 15.1 Å². The number of anilines is 1. The van der Waals surface area contributed by atoms with Gasteiger partial charge in [0.25, 0.3) is 5.91 Å². The average molecular weight is 572 g/mol. The normalized spacial score (nSPS) is 17.8. The van der Waals surface area contributed by atoms with Gasteiger partial charge in [-0.1, -0.05) is 0 Å². The third-order valence-electron chi connectivity index (χ3n) is 6.91. The summed E-state index contributed by atoms with van der Waals surface area (Å²) in [4.78, 5) is 27.9. The van der Waals surface area contributed by atoms with Crippen molar-refractivity contribution in [3.8, 4) is 5.75 Å². The molecule has 0 radical (unpaired) electrons. The molecule has 0 aromatic heterocycles. The van der Waals surface area contributed by atoms with Crippen molar-refractivity contribution < 1.29 is 45.9 Å². The van der Waals surface area contributed by atoms with Crippen LogP contribution in [0.15, 0.2) is 53.4 Å². The van der Waals surface area contributed by atoms with E-state index in [1.807, 2.05) is 0 Å². The van der Waals surface area contributed by atoms with Gasteiger partial charge in [-0.25, -0.2) is 18.7 Å². The molecule has 4 rings (SSSR count). The number of rotatable bonds is 9. The van der Waals surface area contributed by atoms with Gasteiger partial charge in [0.1, 0.15) is 5.75 Å². The zero-order valence-corrected chi connectivity index (χ0v) is 21.6. The van der Waals surface area contributed by atoms with E-state index in [2.05, 4.69) is 0 Å². The molecule has 2 saturated heterocycles. The molecule has 0 aliphatic carbocycles. The van der Waals surface area contributed by atoms with E-state index in [-0.39, 0.29) is 43.6 Å². The lowest BCUT2D eigenvalue weighted by Crippen LogP contribution is -2.54. The van der Waals surface area contributed by atoms with Crippen molar-refractivity contribution in [1.29, 1.82) is 0 Å². The standard InChI is InChI=1S/C25H28F3N3O7S/c26-25(27,28)18-2-4-19(5-3-18)31-14-13-30(23(31)33)12-1-15-38-20-6-8-21(9-7-20)39(35,36)24(22(32)29-34)10-16-37-17-11-24/h2-9,34H,1,10-17H2,(H,29,32). The Morgan fingerprint density at radius 2 is 1.69 bits per heavy atom. The summed E-state index contributed by atoms with van der Waals surface area (Å²) in [5.41, 5.74) is 1.08. The largest absolute Gasteiger partial charge is 0.494 e. The molecule has 0 saturated carbocycles. The van der Waals surface area contributed by atoms with Gasteiger partial charge in [-0.05, 0) is 67.8 Å². The summed E-state index contributed by atoms with van der Waals surface area (Å²) in [7, 11) is -4.14. The van der Waals surface area contributed by atoms with E-state index in [4.69, 9.17) is 14.7 Å². The van der Waals surface area contributed by atoms with E-state index in [0.29, 0.717) is 37.5 Å². The molecule has 14 heteroatoms. The van der Waals surface area contributed by atoms with E-state index < -0.39 is 32.2 Å². The molecule has 2 N–H and O–H groups in total. The van der Waals surface area contributed by atoms with Gasteiger partial charge in [0.05, 0.1) is 17.1 Å². The molecule has 2 aliphatic rings. The van der Waals surface area contributed by atoms with Gasteiger partial charge in [-0.15, -0.1) is 0 Å². The predicted octanol–water partition coefficient (Wildman–Crippen LogP) is 3.24. The summed E-state index contributed by atoms with van der Waals surface area (Å²) in [6.45, 7) is 1.49. The third kappa shape index (κ3) is 5.82. The molecular formula is C25H28F3N3O7S. The Hall–Kier alpha value is -3.36. The van der Waals surface area contributed by atoms with Crippen molar-refractivity contribution in [2.75, 3.05) is 44.4 Å². The Morgan fingerprint density at radius 1 is 1.05 bits per heavy atom. The Kier molecular flexibility index (Phi) is 8.37. The summed E-state index contributed by atoms with van der Waals surface area (Å²) in [5, 5.41) is 9.14. The highest BCUT2D eigenvalue weighted by Crippen LogP contribution is 2.36. The second-order valence-corrected chi connectivity index (χ2v) is 11.5. The van der Waals surface area contributed by atoms with Crippen molar-refractivity contribution in [1.82, 2.24) is 10.4 Å². The first kappa shape index (κ1) is 28.6. The molecule has 3 amide bonds. The van der Waals surface area contributed by atoms with Crippen molar-refractivity contribution in [2.45, 2.75) is 35.1 Å². The number of sulfone groups is 1. The average Bonchev–Trinajstić information content (AvgIpc) is 3.30. The number of amides is 3. The minimum Gasteiger partial charge on any atom is -0.494 e. The molecular weight excluding hydrogens is 543 g/mol. The van der Waals surface area contributed by atoms with Crippen molar-refractivity contribution in [2.24, 2.45) is 0 Å². The molecule has 0 unspecified atom stereocenters. The van der Waals surface area contributed by atoms with E-state index in [1.165, 1.54) is 46.8 Å². The molecule has 212 valence electrons. The molecule has 2 aromatic rings. The lowest BCUT2D eigenvalue weighted by atomic mass is 9.98. The molecule has 0 atom stereocenters. The van der Waals surface area contributed by atoms with E-state index in [9.17, 15) is 31.2 Å². The van der Waals surface area contributed by atoms with Gasteiger partial charge < -0.3 is 14.4 Å². The first-order valence-electron chi connectivity index (χ1n) is 12.2.